The normalized spacial score (nSPS) is 10.5. The highest BCUT2D eigenvalue weighted by Gasteiger charge is 2.09. The molecule has 1 N–H and O–H groups in total. The Morgan fingerprint density at radius 3 is 3.06 bits per heavy atom. The van der Waals surface area contributed by atoms with Gasteiger partial charge in [-0.1, -0.05) is 4.49 Å². The molecule has 0 amide bonds. The van der Waals surface area contributed by atoms with Crippen molar-refractivity contribution in [3.63, 3.8) is 0 Å². The molecule has 0 saturated heterocycles. The van der Waals surface area contributed by atoms with Crippen molar-refractivity contribution >= 4 is 16.5 Å². The summed E-state index contributed by atoms with van der Waals surface area (Å²) >= 11 is 1.29. The van der Waals surface area contributed by atoms with E-state index in [9.17, 15) is 4.79 Å². The zero-order valence-electron chi connectivity index (χ0n) is 9.67. The highest BCUT2D eigenvalue weighted by molar-refractivity contribution is 7.10. The summed E-state index contributed by atoms with van der Waals surface area (Å²) in [5.41, 5.74) is 1.42. The number of hydrogen-bond acceptors (Lipinski definition) is 6. The number of aryl methyl sites for hydroxylation is 1. The van der Waals surface area contributed by atoms with E-state index in [0.29, 0.717) is 6.54 Å². The van der Waals surface area contributed by atoms with Gasteiger partial charge in [0.15, 0.2) is 0 Å². The van der Waals surface area contributed by atoms with Gasteiger partial charge in [-0.25, -0.2) is 4.68 Å². The van der Waals surface area contributed by atoms with Crippen LogP contribution in [0.5, 0.6) is 0 Å². The van der Waals surface area contributed by atoms with Crippen LogP contribution in [0, 0.1) is 6.92 Å². The van der Waals surface area contributed by atoms with Crippen molar-refractivity contribution in [1.82, 2.24) is 19.4 Å². The zero-order chi connectivity index (χ0) is 12.3. The van der Waals surface area contributed by atoms with Gasteiger partial charge in [-0.05, 0) is 19.9 Å². The van der Waals surface area contributed by atoms with Crippen LogP contribution in [0.15, 0.2) is 16.9 Å². The number of anilines is 1. The van der Waals surface area contributed by atoms with Crippen LogP contribution >= 0.6 is 11.5 Å². The molecule has 0 aliphatic rings. The van der Waals surface area contributed by atoms with Crippen molar-refractivity contribution < 1.29 is 0 Å². The van der Waals surface area contributed by atoms with Gasteiger partial charge >= 0.3 is 0 Å². The molecule has 2 aromatic rings. The van der Waals surface area contributed by atoms with Gasteiger partial charge < -0.3 is 5.32 Å². The minimum absolute atomic E-state index is 0.133. The molecule has 90 valence electrons. The molecule has 0 aliphatic carbocycles. The average molecular weight is 251 g/mol. The van der Waals surface area contributed by atoms with Gasteiger partial charge in [0, 0.05) is 24.1 Å². The van der Waals surface area contributed by atoms with E-state index in [2.05, 4.69) is 20.0 Å². The van der Waals surface area contributed by atoms with Gasteiger partial charge in [-0.2, -0.15) is 5.10 Å². The van der Waals surface area contributed by atoms with E-state index in [0.717, 1.165) is 22.9 Å². The Labute approximate surface area is 102 Å². The third-order valence-corrected chi connectivity index (χ3v) is 2.92. The molecule has 6 nitrogen and oxygen atoms in total. The molecule has 0 fully saturated rings. The Balaban J connectivity index is 2.28. The predicted molar refractivity (Wildman–Crippen MR) is 66.4 cm³/mol. The van der Waals surface area contributed by atoms with Crippen LogP contribution in [0.2, 0.25) is 0 Å². The Morgan fingerprint density at radius 1 is 1.47 bits per heavy atom. The lowest BCUT2D eigenvalue weighted by Gasteiger charge is -2.04. The molecule has 0 aliphatic heterocycles. The van der Waals surface area contributed by atoms with Crippen molar-refractivity contribution in [2.45, 2.75) is 20.4 Å². The van der Waals surface area contributed by atoms with Gasteiger partial charge in [-0.15, -0.1) is 5.10 Å². The van der Waals surface area contributed by atoms with Crippen LogP contribution in [-0.2, 0) is 6.54 Å². The second-order valence-electron chi connectivity index (χ2n) is 3.55. The number of hydrogen-bond donors (Lipinski definition) is 1. The first kappa shape index (κ1) is 11.7. The van der Waals surface area contributed by atoms with Crippen LogP contribution in [-0.4, -0.2) is 25.9 Å². The van der Waals surface area contributed by atoms with E-state index in [1.165, 1.54) is 22.3 Å². The highest BCUT2D eigenvalue weighted by Crippen LogP contribution is 2.17. The fourth-order valence-corrected chi connectivity index (χ4v) is 2.05. The van der Waals surface area contributed by atoms with Gasteiger partial charge in [0.1, 0.15) is 10.7 Å². The molecule has 7 heteroatoms. The summed E-state index contributed by atoms with van der Waals surface area (Å²) in [5.74, 6) is 0. The first-order chi connectivity index (χ1) is 8.20. The summed E-state index contributed by atoms with van der Waals surface area (Å²) in [6.45, 7) is 4.99. The average Bonchev–Trinajstić information content (AvgIpc) is 2.72. The lowest BCUT2D eigenvalue weighted by molar-refractivity contribution is 0.617. The molecule has 0 spiro atoms. The molecule has 0 saturated carbocycles. The second kappa shape index (κ2) is 5.05. The van der Waals surface area contributed by atoms with Gasteiger partial charge in [0.2, 0.25) is 0 Å². The van der Waals surface area contributed by atoms with Crippen LogP contribution in [0.25, 0.3) is 0 Å². The largest absolute Gasteiger partial charge is 0.374 e. The van der Waals surface area contributed by atoms with Crippen LogP contribution < -0.4 is 10.9 Å². The predicted octanol–water partition coefficient (Wildman–Crippen LogP) is 0.883. The molecule has 2 heterocycles. The van der Waals surface area contributed by atoms with Crippen molar-refractivity contribution in [2.75, 3.05) is 11.9 Å². The Morgan fingerprint density at radius 2 is 2.29 bits per heavy atom. The van der Waals surface area contributed by atoms with E-state index in [-0.39, 0.29) is 5.56 Å². The molecule has 0 bridgehead atoms. The Bertz CT molecular complexity index is 562. The summed E-state index contributed by atoms with van der Waals surface area (Å²) in [7, 11) is 0. The summed E-state index contributed by atoms with van der Waals surface area (Å²) in [6.07, 6.45) is 0. The standard InChI is InChI=1S/C10H13N5OS/c1-3-11-10-8(12-14-17-10)6-15-9(16)5-4-7(2)13-15/h4-5,11H,3,6H2,1-2H3. The Hall–Kier alpha value is -1.76. The molecule has 17 heavy (non-hydrogen) atoms. The van der Waals surface area contributed by atoms with Crippen LogP contribution in [0.1, 0.15) is 18.3 Å². The first-order valence-corrected chi connectivity index (χ1v) is 6.08. The summed E-state index contributed by atoms with van der Waals surface area (Å²) in [5, 5.41) is 12.2. The van der Waals surface area contributed by atoms with Crippen molar-refractivity contribution in [3.8, 4) is 0 Å². The van der Waals surface area contributed by atoms with E-state index < -0.39 is 0 Å². The minimum Gasteiger partial charge on any atom is -0.374 e. The summed E-state index contributed by atoms with van der Waals surface area (Å²) in [4.78, 5) is 11.6. The summed E-state index contributed by atoms with van der Waals surface area (Å²) < 4.78 is 5.27. The first-order valence-electron chi connectivity index (χ1n) is 5.30. The molecule has 0 aromatic carbocycles. The van der Waals surface area contributed by atoms with Crippen LogP contribution in [0.3, 0.4) is 0 Å². The number of nitrogens with zero attached hydrogens (tertiary/aromatic N) is 4. The van der Waals surface area contributed by atoms with Gasteiger partial charge in [0.25, 0.3) is 5.56 Å². The van der Waals surface area contributed by atoms with Gasteiger partial charge in [-0.3, -0.25) is 4.79 Å². The van der Waals surface area contributed by atoms with E-state index in [1.54, 1.807) is 6.07 Å². The molecule has 0 atom stereocenters. The smallest absolute Gasteiger partial charge is 0.267 e. The third kappa shape index (κ3) is 2.68. The molecular weight excluding hydrogens is 238 g/mol. The molecule has 2 rings (SSSR count). The maximum Gasteiger partial charge on any atom is 0.267 e. The number of aromatic nitrogens is 4. The van der Waals surface area contributed by atoms with Crippen molar-refractivity contribution in [3.05, 3.63) is 33.9 Å². The lowest BCUT2D eigenvalue weighted by atomic mass is 10.4. The number of rotatable bonds is 4. The quantitative estimate of drug-likeness (QED) is 0.873. The minimum atomic E-state index is -0.133. The highest BCUT2D eigenvalue weighted by atomic mass is 32.1. The van der Waals surface area contributed by atoms with Crippen molar-refractivity contribution in [2.24, 2.45) is 0 Å². The van der Waals surface area contributed by atoms with E-state index >= 15 is 0 Å². The van der Waals surface area contributed by atoms with Crippen molar-refractivity contribution in [1.29, 1.82) is 0 Å². The van der Waals surface area contributed by atoms with Gasteiger partial charge in [0.05, 0.1) is 12.2 Å². The fourth-order valence-electron chi connectivity index (χ4n) is 1.41. The maximum absolute atomic E-state index is 11.6. The third-order valence-electron chi connectivity index (χ3n) is 2.19. The molecule has 2 aromatic heterocycles. The van der Waals surface area contributed by atoms with E-state index in [4.69, 9.17) is 0 Å². The lowest BCUT2D eigenvalue weighted by Crippen LogP contribution is -2.23. The Kier molecular flexibility index (Phi) is 3.48. The molecular formula is C10H13N5OS. The van der Waals surface area contributed by atoms with Crippen LogP contribution in [0.4, 0.5) is 5.00 Å². The fraction of sp³-hybridized carbons (Fsp3) is 0.400. The topological polar surface area (TPSA) is 72.7 Å². The van der Waals surface area contributed by atoms with E-state index in [1.807, 2.05) is 13.8 Å². The second-order valence-corrected chi connectivity index (χ2v) is 4.30. The molecule has 0 radical (unpaired) electrons. The number of nitrogens with one attached hydrogen (secondary N) is 1. The summed E-state index contributed by atoms with van der Waals surface area (Å²) in [6, 6.07) is 3.21. The monoisotopic (exact) mass is 251 g/mol. The SMILES string of the molecule is CCNc1snnc1Cn1nc(C)ccc1=O. The zero-order valence-corrected chi connectivity index (χ0v) is 10.5. The molecule has 0 unspecified atom stereocenters. The maximum atomic E-state index is 11.6.